The molecule has 0 radical (unpaired) electrons. The molecule has 120 valence electrons. The van der Waals surface area contributed by atoms with E-state index in [9.17, 15) is 0 Å². The van der Waals surface area contributed by atoms with E-state index in [0.29, 0.717) is 6.61 Å². The second-order valence-electron chi connectivity index (χ2n) is 6.47. The monoisotopic (exact) mass is 315 g/mol. The first kappa shape index (κ1) is 14.8. The van der Waals surface area contributed by atoms with Gasteiger partial charge in [-0.2, -0.15) is 0 Å². The molecule has 0 aromatic heterocycles. The summed E-state index contributed by atoms with van der Waals surface area (Å²) in [5.41, 5.74) is 8.58. The number of hydrogen-bond acceptors (Lipinski definition) is 2. The van der Waals surface area contributed by atoms with Gasteiger partial charge in [-0.05, 0) is 50.1 Å². The lowest BCUT2D eigenvalue weighted by atomic mass is 10.0. The standard InChI is InChI=1S/C22H21NO/c1-15-12-16(2)22(17(3)13-15)23-19-9-5-4-8-18(19)14-24-21-11-7-6-10-20(21)23/h4-13H,14H2,1-3H3. The van der Waals surface area contributed by atoms with Crippen LogP contribution in [0.4, 0.5) is 17.1 Å². The van der Waals surface area contributed by atoms with Crippen LogP contribution in [0.3, 0.4) is 0 Å². The van der Waals surface area contributed by atoms with Gasteiger partial charge in [-0.15, -0.1) is 0 Å². The van der Waals surface area contributed by atoms with Crippen molar-refractivity contribution in [2.45, 2.75) is 27.4 Å². The van der Waals surface area contributed by atoms with Gasteiger partial charge in [0.2, 0.25) is 0 Å². The number of ether oxygens (including phenoxy) is 1. The van der Waals surface area contributed by atoms with Crippen molar-refractivity contribution in [2.75, 3.05) is 4.90 Å². The number of aryl methyl sites for hydroxylation is 3. The summed E-state index contributed by atoms with van der Waals surface area (Å²) < 4.78 is 6.09. The molecule has 0 bridgehead atoms. The topological polar surface area (TPSA) is 12.5 Å². The van der Waals surface area contributed by atoms with Crippen molar-refractivity contribution >= 4 is 17.1 Å². The van der Waals surface area contributed by atoms with Crippen LogP contribution in [-0.4, -0.2) is 0 Å². The van der Waals surface area contributed by atoms with Crippen LogP contribution in [0.15, 0.2) is 60.7 Å². The molecule has 4 rings (SSSR count). The number of fused-ring (bicyclic) bond motifs is 2. The number of benzene rings is 3. The van der Waals surface area contributed by atoms with Crippen molar-refractivity contribution < 1.29 is 4.74 Å². The lowest BCUT2D eigenvalue weighted by Gasteiger charge is -2.29. The van der Waals surface area contributed by atoms with E-state index in [1.165, 1.54) is 33.6 Å². The second-order valence-corrected chi connectivity index (χ2v) is 6.47. The number of rotatable bonds is 1. The van der Waals surface area contributed by atoms with Gasteiger partial charge < -0.3 is 9.64 Å². The fourth-order valence-electron chi connectivity index (χ4n) is 3.67. The zero-order chi connectivity index (χ0) is 16.7. The van der Waals surface area contributed by atoms with Gasteiger partial charge in [0.15, 0.2) is 0 Å². The number of anilines is 3. The van der Waals surface area contributed by atoms with Crippen molar-refractivity contribution in [3.05, 3.63) is 82.9 Å². The Morgan fingerprint density at radius 2 is 1.42 bits per heavy atom. The molecule has 1 heterocycles. The zero-order valence-electron chi connectivity index (χ0n) is 14.3. The van der Waals surface area contributed by atoms with Gasteiger partial charge >= 0.3 is 0 Å². The van der Waals surface area contributed by atoms with E-state index in [4.69, 9.17) is 4.74 Å². The van der Waals surface area contributed by atoms with E-state index in [0.717, 1.165) is 11.4 Å². The molecule has 0 N–H and O–H groups in total. The van der Waals surface area contributed by atoms with Gasteiger partial charge in [-0.3, -0.25) is 0 Å². The molecule has 0 atom stereocenters. The van der Waals surface area contributed by atoms with Gasteiger partial charge in [0.25, 0.3) is 0 Å². The Morgan fingerprint density at radius 1 is 0.792 bits per heavy atom. The SMILES string of the molecule is Cc1cc(C)c(N2c3ccccc3COc3ccccc32)c(C)c1. The van der Waals surface area contributed by atoms with E-state index in [2.05, 4.69) is 74.2 Å². The minimum Gasteiger partial charge on any atom is -0.487 e. The largest absolute Gasteiger partial charge is 0.487 e. The predicted octanol–water partition coefficient (Wildman–Crippen LogP) is 5.97. The van der Waals surface area contributed by atoms with Gasteiger partial charge in [0.05, 0.1) is 17.1 Å². The molecule has 2 nitrogen and oxygen atoms in total. The minimum atomic E-state index is 0.591. The number of nitrogens with zero attached hydrogens (tertiary/aromatic N) is 1. The first-order valence-corrected chi connectivity index (χ1v) is 8.33. The molecule has 0 spiro atoms. The maximum absolute atomic E-state index is 6.09. The van der Waals surface area contributed by atoms with E-state index in [1.807, 2.05) is 12.1 Å². The van der Waals surface area contributed by atoms with Crippen LogP contribution in [0.1, 0.15) is 22.3 Å². The van der Waals surface area contributed by atoms with Gasteiger partial charge in [0.1, 0.15) is 12.4 Å². The Hall–Kier alpha value is -2.74. The Balaban J connectivity index is 2.04. The van der Waals surface area contributed by atoms with E-state index >= 15 is 0 Å². The third kappa shape index (κ3) is 2.35. The van der Waals surface area contributed by atoms with Crippen LogP contribution in [0.25, 0.3) is 0 Å². The lowest BCUT2D eigenvalue weighted by Crippen LogP contribution is -2.13. The van der Waals surface area contributed by atoms with Crippen LogP contribution in [0.5, 0.6) is 5.75 Å². The van der Waals surface area contributed by atoms with Crippen molar-refractivity contribution in [3.63, 3.8) is 0 Å². The maximum Gasteiger partial charge on any atom is 0.143 e. The third-order valence-corrected chi connectivity index (χ3v) is 4.58. The summed E-state index contributed by atoms with van der Waals surface area (Å²) >= 11 is 0. The summed E-state index contributed by atoms with van der Waals surface area (Å²) in [7, 11) is 0. The highest BCUT2D eigenvalue weighted by atomic mass is 16.5. The van der Waals surface area contributed by atoms with Crippen molar-refractivity contribution in [2.24, 2.45) is 0 Å². The first-order valence-electron chi connectivity index (χ1n) is 8.33. The molecular formula is C22H21NO. The molecule has 0 aliphatic carbocycles. The summed E-state index contributed by atoms with van der Waals surface area (Å²) in [4.78, 5) is 2.35. The Morgan fingerprint density at radius 3 is 2.17 bits per heavy atom. The van der Waals surface area contributed by atoms with E-state index in [-0.39, 0.29) is 0 Å². The van der Waals surface area contributed by atoms with Gasteiger partial charge in [-0.1, -0.05) is 48.0 Å². The second kappa shape index (κ2) is 5.72. The van der Waals surface area contributed by atoms with Crippen LogP contribution in [0.2, 0.25) is 0 Å². The van der Waals surface area contributed by atoms with Gasteiger partial charge in [-0.25, -0.2) is 0 Å². The first-order chi connectivity index (χ1) is 11.6. The maximum atomic E-state index is 6.09. The molecule has 3 aromatic carbocycles. The van der Waals surface area contributed by atoms with Crippen LogP contribution >= 0.6 is 0 Å². The summed E-state index contributed by atoms with van der Waals surface area (Å²) in [6, 6.07) is 21.3. The normalized spacial score (nSPS) is 12.9. The average molecular weight is 315 g/mol. The lowest BCUT2D eigenvalue weighted by molar-refractivity contribution is 0.310. The molecule has 0 fully saturated rings. The van der Waals surface area contributed by atoms with Gasteiger partial charge in [0, 0.05) is 5.56 Å². The molecule has 1 aliphatic heterocycles. The molecule has 0 saturated carbocycles. The summed E-state index contributed by atoms with van der Waals surface area (Å²) in [6.45, 7) is 7.11. The molecule has 2 heteroatoms. The zero-order valence-corrected chi connectivity index (χ0v) is 14.3. The molecule has 1 aliphatic rings. The van der Waals surface area contributed by atoms with E-state index < -0.39 is 0 Å². The minimum absolute atomic E-state index is 0.591. The van der Waals surface area contributed by atoms with Crippen molar-refractivity contribution in [1.82, 2.24) is 0 Å². The molecular weight excluding hydrogens is 294 g/mol. The average Bonchev–Trinajstić information content (AvgIpc) is 2.72. The highest BCUT2D eigenvalue weighted by molar-refractivity contribution is 5.85. The Kier molecular flexibility index (Phi) is 3.53. The highest BCUT2D eigenvalue weighted by Crippen LogP contribution is 2.46. The predicted molar refractivity (Wildman–Crippen MR) is 99.7 cm³/mol. The fourth-order valence-corrected chi connectivity index (χ4v) is 3.67. The van der Waals surface area contributed by atoms with Crippen LogP contribution in [-0.2, 0) is 6.61 Å². The highest BCUT2D eigenvalue weighted by Gasteiger charge is 2.24. The molecule has 24 heavy (non-hydrogen) atoms. The van der Waals surface area contributed by atoms with E-state index in [1.54, 1.807) is 0 Å². The number of hydrogen-bond donors (Lipinski definition) is 0. The number of para-hydroxylation sites is 3. The van der Waals surface area contributed by atoms with Crippen molar-refractivity contribution in [3.8, 4) is 5.75 Å². The smallest absolute Gasteiger partial charge is 0.143 e. The molecule has 3 aromatic rings. The van der Waals surface area contributed by atoms with Crippen LogP contribution < -0.4 is 9.64 Å². The third-order valence-electron chi connectivity index (χ3n) is 4.58. The van der Waals surface area contributed by atoms with Crippen molar-refractivity contribution in [1.29, 1.82) is 0 Å². The molecule has 0 unspecified atom stereocenters. The molecule has 0 amide bonds. The Labute approximate surface area is 143 Å². The quantitative estimate of drug-likeness (QED) is 0.548. The fraction of sp³-hybridized carbons (Fsp3) is 0.182. The Bertz CT molecular complexity index is 843. The van der Waals surface area contributed by atoms with Crippen LogP contribution in [0, 0.1) is 20.8 Å². The summed E-state index contributed by atoms with van der Waals surface area (Å²) in [5.74, 6) is 0.924. The summed E-state index contributed by atoms with van der Waals surface area (Å²) in [6.07, 6.45) is 0. The summed E-state index contributed by atoms with van der Waals surface area (Å²) in [5, 5.41) is 0. The molecule has 0 saturated heterocycles.